The zero-order valence-corrected chi connectivity index (χ0v) is 9.99. The lowest BCUT2D eigenvalue weighted by Gasteiger charge is -2.07. The third-order valence-electron chi connectivity index (χ3n) is 2.49. The Bertz CT molecular complexity index is 579. The maximum Gasteiger partial charge on any atom is 0.269 e. The summed E-state index contributed by atoms with van der Waals surface area (Å²) in [6, 6.07) is 4.58. The van der Waals surface area contributed by atoms with Crippen molar-refractivity contribution in [3.05, 3.63) is 39.7 Å². The van der Waals surface area contributed by atoms with E-state index < -0.39 is 4.92 Å². The number of nitro groups is 1. The average Bonchev–Trinajstić information content (AvgIpc) is 2.77. The fraction of sp³-hybridized carbons (Fsp3) is 0.300. The van der Waals surface area contributed by atoms with Gasteiger partial charge < -0.3 is 5.32 Å². The molecule has 1 N–H and O–H groups in total. The van der Waals surface area contributed by atoms with Crippen LogP contribution in [0.5, 0.6) is 0 Å². The highest BCUT2D eigenvalue weighted by atomic mass is 16.6. The minimum Gasteiger partial charge on any atom is -0.313 e. The summed E-state index contributed by atoms with van der Waals surface area (Å²) in [5, 5.41) is 25.0. The maximum atomic E-state index is 10.7. The van der Waals surface area contributed by atoms with Crippen LogP contribution in [0.15, 0.2) is 18.2 Å². The van der Waals surface area contributed by atoms with Gasteiger partial charge in [0.15, 0.2) is 5.82 Å². The molecule has 0 aliphatic rings. The van der Waals surface area contributed by atoms with Crippen molar-refractivity contribution >= 4 is 5.69 Å². The number of nitrogens with one attached hydrogen (secondary N) is 1. The molecular formula is C10H12N6O2. The Morgan fingerprint density at radius 3 is 2.89 bits per heavy atom. The average molecular weight is 248 g/mol. The highest BCUT2D eigenvalue weighted by molar-refractivity contribution is 5.47. The zero-order valence-electron chi connectivity index (χ0n) is 9.99. The lowest BCUT2D eigenvalue weighted by atomic mass is 10.2. The molecule has 0 radical (unpaired) electrons. The van der Waals surface area contributed by atoms with Gasteiger partial charge in [0.05, 0.1) is 17.2 Å². The van der Waals surface area contributed by atoms with E-state index in [-0.39, 0.29) is 5.69 Å². The predicted octanol–water partition coefficient (Wildman–Crippen LogP) is 0.598. The maximum absolute atomic E-state index is 10.7. The lowest BCUT2D eigenvalue weighted by Crippen LogP contribution is -2.12. The molecule has 1 aromatic heterocycles. The molecule has 0 atom stereocenters. The van der Waals surface area contributed by atoms with E-state index in [9.17, 15) is 10.1 Å². The summed E-state index contributed by atoms with van der Waals surface area (Å²) in [5.74, 6) is 0.648. The number of non-ortho nitro benzene ring substituents is 1. The number of aryl methyl sites for hydroxylation is 1. The minimum atomic E-state index is -0.426. The van der Waals surface area contributed by atoms with Crippen LogP contribution < -0.4 is 5.32 Å². The Balaban J connectivity index is 2.44. The molecule has 1 aromatic carbocycles. The quantitative estimate of drug-likeness (QED) is 0.628. The van der Waals surface area contributed by atoms with Gasteiger partial charge in [-0.05, 0) is 36.0 Å². The van der Waals surface area contributed by atoms with Gasteiger partial charge >= 0.3 is 0 Å². The molecule has 0 aliphatic heterocycles. The van der Waals surface area contributed by atoms with E-state index in [1.807, 2.05) is 0 Å². The molecule has 0 fully saturated rings. The Morgan fingerprint density at radius 2 is 2.28 bits per heavy atom. The van der Waals surface area contributed by atoms with Crippen molar-refractivity contribution in [2.45, 2.75) is 13.5 Å². The Labute approximate surface area is 103 Å². The van der Waals surface area contributed by atoms with Gasteiger partial charge in [-0.25, -0.2) is 0 Å². The largest absolute Gasteiger partial charge is 0.313 e. The van der Waals surface area contributed by atoms with Crippen LogP contribution in [-0.2, 0) is 6.54 Å². The third kappa shape index (κ3) is 2.18. The van der Waals surface area contributed by atoms with Crippen LogP contribution in [0, 0.1) is 17.0 Å². The molecule has 1 heterocycles. The normalized spacial score (nSPS) is 10.6. The lowest BCUT2D eigenvalue weighted by molar-refractivity contribution is -0.384. The number of nitro benzene ring substituents is 1. The molecule has 0 saturated heterocycles. The summed E-state index contributed by atoms with van der Waals surface area (Å²) in [7, 11) is 1.79. The van der Waals surface area contributed by atoms with Crippen LogP contribution >= 0.6 is 0 Å². The van der Waals surface area contributed by atoms with Gasteiger partial charge in [-0.3, -0.25) is 10.1 Å². The van der Waals surface area contributed by atoms with Crippen LogP contribution in [0.3, 0.4) is 0 Å². The first-order chi connectivity index (χ1) is 8.63. The third-order valence-corrected chi connectivity index (χ3v) is 2.49. The van der Waals surface area contributed by atoms with E-state index in [1.54, 1.807) is 24.7 Å². The Kier molecular flexibility index (Phi) is 3.28. The van der Waals surface area contributed by atoms with E-state index in [2.05, 4.69) is 20.8 Å². The molecule has 94 valence electrons. The number of benzene rings is 1. The summed E-state index contributed by atoms with van der Waals surface area (Å²) in [4.78, 5) is 10.2. The van der Waals surface area contributed by atoms with Crippen molar-refractivity contribution in [3.8, 4) is 5.69 Å². The molecule has 2 rings (SSSR count). The fourth-order valence-electron chi connectivity index (χ4n) is 1.65. The minimum absolute atomic E-state index is 0.0551. The first-order valence-corrected chi connectivity index (χ1v) is 5.30. The number of hydrogen-bond donors (Lipinski definition) is 1. The molecular weight excluding hydrogens is 236 g/mol. The van der Waals surface area contributed by atoms with Gasteiger partial charge in [-0.15, -0.1) is 5.10 Å². The number of rotatable bonds is 4. The highest BCUT2D eigenvalue weighted by Gasteiger charge is 2.13. The first kappa shape index (κ1) is 12.1. The van der Waals surface area contributed by atoms with Gasteiger partial charge in [0.25, 0.3) is 5.69 Å². The summed E-state index contributed by atoms with van der Waals surface area (Å²) < 4.78 is 1.57. The van der Waals surface area contributed by atoms with E-state index in [0.29, 0.717) is 12.4 Å². The first-order valence-electron chi connectivity index (χ1n) is 5.30. The standard InChI is InChI=1S/C10H12N6O2/c1-7-5-8(16(17)18)3-4-9(7)15-10(6-11-2)12-13-14-15/h3-5,11H,6H2,1-2H3. The van der Waals surface area contributed by atoms with Crippen LogP contribution in [0.1, 0.15) is 11.4 Å². The predicted molar refractivity (Wildman–Crippen MR) is 63.3 cm³/mol. The van der Waals surface area contributed by atoms with Crippen LogP contribution in [0.4, 0.5) is 5.69 Å². The van der Waals surface area contributed by atoms with Gasteiger partial charge in [-0.1, -0.05) is 0 Å². The second-order valence-electron chi connectivity index (χ2n) is 3.77. The van der Waals surface area contributed by atoms with E-state index >= 15 is 0 Å². The SMILES string of the molecule is CNCc1nnnn1-c1ccc([N+](=O)[O-])cc1C. The van der Waals surface area contributed by atoms with E-state index in [4.69, 9.17) is 0 Å². The molecule has 8 nitrogen and oxygen atoms in total. The number of hydrogen-bond acceptors (Lipinski definition) is 6. The molecule has 18 heavy (non-hydrogen) atoms. The van der Waals surface area contributed by atoms with Gasteiger partial charge in [0.1, 0.15) is 0 Å². The second-order valence-corrected chi connectivity index (χ2v) is 3.77. The summed E-state index contributed by atoms with van der Waals surface area (Å²) in [6.07, 6.45) is 0. The van der Waals surface area contributed by atoms with Crippen molar-refractivity contribution in [2.75, 3.05) is 7.05 Å². The molecule has 0 unspecified atom stereocenters. The summed E-state index contributed by atoms with van der Waals surface area (Å²) >= 11 is 0. The van der Waals surface area contributed by atoms with Crippen molar-refractivity contribution in [1.29, 1.82) is 0 Å². The summed E-state index contributed by atoms with van der Waals surface area (Å²) in [6.45, 7) is 2.30. The topological polar surface area (TPSA) is 98.8 Å². The monoisotopic (exact) mass is 248 g/mol. The van der Waals surface area contributed by atoms with Gasteiger partial charge in [0.2, 0.25) is 0 Å². The van der Waals surface area contributed by atoms with Crippen LogP contribution in [0.25, 0.3) is 5.69 Å². The molecule has 8 heteroatoms. The smallest absolute Gasteiger partial charge is 0.269 e. The highest BCUT2D eigenvalue weighted by Crippen LogP contribution is 2.20. The number of nitrogens with zero attached hydrogens (tertiary/aromatic N) is 5. The molecule has 0 amide bonds. The fourth-order valence-corrected chi connectivity index (χ4v) is 1.65. The number of tetrazole rings is 1. The van der Waals surface area contributed by atoms with Crippen LogP contribution in [-0.4, -0.2) is 32.2 Å². The molecule has 0 aliphatic carbocycles. The summed E-state index contributed by atoms with van der Waals surface area (Å²) in [5.41, 5.74) is 1.53. The number of aromatic nitrogens is 4. The molecule has 0 saturated carbocycles. The Hall–Kier alpha value is -2.35. The second kappa shape index (κ2) is 4.88. The van der Waals surface area contributed by atoms with Crippen molar-refractivity contribution in [2.24, 2.45) is 0 Å². The molecule has 0 bridgehead atoms. The molecule has 2 aromatic rings. The molecule has 0 spiro atoms. The van der Waals surface area contributed by atoms with Gasteiger partial charge in [0, 0.05) is 12.1 Å². The van der Waals surface area contributed by atoms with Crippen molar-refractivity contribution in [3.63, 3.8) is 0 Å². The van der Waals surface area contributed by atoms with Crippen molar-refractivity contribution in [1.82, 2.24) is 25.5 Å². The Morgan fingerprint density at radius 1 is 1.50 bits per heavy atom. The van der Waals surface area contributed by atoms with Gasteiger partial charge in [-0.2, -0.15) is 4.68 Å². The van der Waals surface area contributed by atoms with E-state index in [1.165, 1.54) is 12.1 Å². The van der Waals surface area contributed by atoms with Crippen molar-refractivity contribution < 1.29 is 4.92 Å². The zero-order chi connectivity index (χ0) is 13.1. The van der Waals surface area contributed by atoms with E-state index in [0.717, 1.165) is 11.3 Å². The van der Waals surface area contributed by atoms with Crippen LogP contribution in [0.2, 0.25) is 0 Å².